The third-order valence-electron chi connectivity index (χ3n) is 7.84. The Hall–Kier alpha value is -4.64. The Balaban J connectivity index is 1.06. The van der Waals surface area contributed by atoms with E-state index in [2.05, 4.69) is 0 Å². The van der Waals surface area contributed by atoms with E-state index in [0.717, 1.165) is 43.8 Å². The molecule has 0 amide bonds. The number of alkyl halides is 2. The molecule has 6 aromatic carbocycles. The van der Waals surface area contributed by atoms with Gasteiger partial charge in [-0.05, 0) is 80.2 Å². The maximum Gasteiger partial charge on any atom is 0.338 e. The molecule has 0 aliphatic heterocycles. The molecule has 0 bridgehead atoms. The van der Waals surface area contributed by atoms with Gasteiger partial charge in [-0.2, -0.15) is 0 Å². The smallest absolute Gasteiger partial charge is 0.338 e. The van der Waals surface area contributed by atoms with Crippen molar-refractivity contribution < 1.29 is 19.1 Å². The van der Waals surface area contributed by atoms with E-state index in [9.17, 15) is 9.59 Å². The highest BCUT2D eigenvalue weighted by Gasteiger charge is 2.41. The summed E-state index contributed by atoms with van der Waals surface area (Å²) < 4.78 is 9.77. The molecule has 0 heterocycles. The van der Waals surface area contributed by atoms with Crippen molar-refractivity contribution in [2.75, 3.05) is 0 Å². The summed E-state index contributed by atoms with van der Waals surface area (Å²) in [6.07, 6.45) is 0. The molecule has 0 saturated carbocycles. The minimum Gasteiger partial charge on any atom is -0.457 e. The van der Waals surface area contributed by atoms with Crippen LogP contribution in [0.4, 0.5) is 0 Å². The van der Waals surface area contributed by atoms with Gasteiger partial charge in [0.25, 0.3) is 0 Å². The molecule has 210 valence electrons. The molecule has 43 heavy (non-hydrogen) atoms. The molecule has 4 nitrogen and oxygen atoms in total. The van der Waals surface area contributed by atoms with Crippen molar-refractivity contribution in [1.82, 2.24) is 0 Å². The Bertz CT molecular complexity index is 1920. The molecule has 0 unspecified atom stereocenters. The average Bonchev–Trinajstić information content (AvgIpc) is 3.27. The summed E-state index contributed by atoms with van der Waals surface area (Å²) in [6.45, 7) is 0.275. The number of fused-ring (bicyclic) bond motifs is 5. The molecule has 0 fully saturated rings. The van der Waals surface area contributed by atoms with Crippen molar-refractivity contribution in [1.29, 1.82) is 0 Å². The van der Waals surface area contributed by atoms with Crippen LogP contribution in [0.3, 0.4) is 0 Å². The van der Waals surface area contributed by atoms with Crippen LogP contribution in [0, 0.1) is 0 Å². The summed E-state index contributed by atoms with van der Waals surface area (Å²) in [5.41, 5.74) is 5.18. The second kappa shape index (κ2) is 10.9. The molecule has 1 aliphatic carbocycles. The van der Waals surface area contributed by atoms with E-state index in [-0.39, 0.29) is 13.2 Å². The number of carbonyl (C=O) groups is 2. The number of esters is 2. The van der Waals surface area contributed by atoms with Gasteiger partial charge in [0.15, 0.2) is 4.33 Å². The van der Waals surface area contributed by atoms with Crippen molar-refractivity contribution in [3.63, 3.8) is 0 Å². The summed E-state index contributed by atoms with van der Waals surface area (Å²) in [5.74, 6) is -0.956. The zero-order valence-electron chi connectivity index (χ0n) is 22.9. The molecule has 0 saturated heterocycles. The first kappa shape index (κ1) is 27.2. The lowest BCUT2D eigenvalue weighted by atomic mass is 10.0. The second-order valence-electron chi connectivity index (χ2n) is 10.6. The lowest BCUT2D eigenvalue weighted by molar-refractivity contribution is 0.0464. The Kier molecular flexibility index (Phi) is 6.89. The number of benzene rings is 6. The third kappa shape index (κ3) is 5.14. The molecule has 7 rings (SSSR count). The largest absolute Gasteiger partial charge is 0.457 e. The van der Waals surface area contributed by atoms with E-state index in [1.54, 1.807) is 24.3 Å². The summed E-state index contributed by atoms with van der Waals surface area (Å²) in [7, 11) is 0. The standard InChI is InChI=1S/C37H24Cl2O4/c38-37(39)33-19-29(35(40)42-21-23-9-11-25-5-1-3-7-27(25)17-23)13-15-31(33)32-16-14-30(20-34(32)37)36(41)43-22-24-10-12-26-6-2-4-8-28(26)18-24/h1-20H,21-22H2. The number of hydrogen-bond donors (Lipinski definition) is 0. The van der Waals surface area contributed by atoms with Gasteiger partial charge in [-0.15, -0.1) is 0 Å². The summed E-state index contributed by atoms with van der Waals surface area (Å²) in [6, 6.07) is 38.3. The lowest BCUT2D eigenvalue weighted by Gasteiger charge is -2.17. The quantitative estimate of drug-likeness (QED) is 0.141. The number of rotatable bonds is 6. The number of carbonyl (C=O) groups excluding carboxylic acids is 2. The highest BCUT2D eigenvalue weighted by Crippen LogP contribution is 2.54. The SMILES string of the molecule is O=C(OCc1ccc2ccccc2c1)c1ccc2c(c1)C(Cl)(Cl)c1cc(C(=O)OCc3ccc4ccccc4c3)ccc1-2. The van der Waals surface area contributed by atoms with Gasteiger partial charge in [0.2, 0.25) is 0 Å². The molecule has 0 N–H and O–H groups in total. The Morgan fingerprint density at radius 3 is 1.37 bits per heavy atom. The average molecular weight is 604 g/mol. The maximum absolute atomic E-state index is 13.0. The fraction of sp³-hybridized carbons (Fsp3) is 0.0811. The van der Waals surface area contributed by atoms with Crippen molar-refractivity contribution in [3.05, 3.63) is 155 Å². The molecular weight excluding hydrogens is 579 g/mol. The highest BCUT2D eigenvalue weighted by molar-refractivity contribution is 6.51. The minimum atomic E-state index is -1.46. The van der Waals surface area contributed by atoms with Gasteiger partial charge < -0.3 is 9.47 Å². The zero-order chi connectivity index (χ0) is 29.6. The van der Waals surface area contributed by atoms with E-state index >= 15 is 0 Å². The molecule has 0 atom stereocenters. The first-order chi connectivity index (χ1) is 20.9. The molecule has 0 radical (unpaired) electrons. The topological polar surface area (TPSA) is 52.6 Å². The molecule has 1 aliphatic rings. The van der Waals surface area contributed by atoms with Crippen LogP contribution in [0.15, 0.2) is 121 Å². The van der Waals surface area contributed by atoms with E-state index in [0.29, 0.717) is 22.3 Å². The van der Waals surface area contributed by atoms with E-state index in [1.165, 1.54) is 0 Å². The predicted octanol–water partition coefficient (Wildman–Crippen LogP) is 9.37. The Morgan fingerprint density at radius 1 is 0.512 bits per heavy atom. The maximum atomic E-state index is 13.0. The van der Waals surface area contributed by atoms with Crippen molar-refractivity contribution in [2.24, 2.45) is 0 Å². The van der Waals surface area contributed by atoms with Crippen molar-refractivity contribution >= 4 is 56.7 Å². The van der Waals surface area contributed by atoms with Crippen molar-refractivity contribution in [3.8, 4) is 11.1 Å². The molecule has 6 aromatic rings. The van der Waals surface area contributed by atoms with Crippen LogP contribution >= 0.6 is 23.2 Å². The summed E-state index contributed by atoms with van der Waals surface area (Å²) in [5, 5.41) is 4.41. The number of ether oxygens (including phenoxy) is 2. The first-order valence-corrected chi connectivity index (χ1v) is 14.6. The zero-order valence-corrected chi connectivity index (χ0v) is 24.4. The van der Waals surface area contributed by atoms with Crippen LogP contribution < -0.4 is 0 Å². The summed E-state index contributed by atoms with van der Waals surface area (Å²) >= 11 is 13.8. The van der Waals surface area contributed by atoms with E-state index in [4.69, 9.17) is 32.7 Å². The normalized spacial score (nSPS) is 13.0. The van der Waals surface area contributed by atoms with Crippen molar-refractivity contribution in [2.45, 2.75) is 17.5 Å². The van der Waals surface area contributed by atoms with Crippen LogP contribution in [-0.2, 0) is 27.0 Å². The Labute approximate surface area is 258 Å². The summed E-state index contributed by atoms with van der Waals surface area (Å²) in [4.78, 5) is 26.0. The van der Waals surface area contributed by atoms with Gasteiger partial charge in [0, 0.05) is 11.1 Å². The van der Waals surface area contributed by atoms with E-state index in [1.807, 2.05) is 97.1 Å². The monoisotopic (exact) mass is 602 g/mol. The van der Waals surface area contributed by atoms with Gasteiger partial charge in [-0.1, -0.05) is 108 Å². The molecular formula is C37H24Cl2O4. The fourth-order valence-corrected chi connectivity index (χ4v) is 6.22. The number of halogens is 2. The Morgan fingerprint density at radius 2 is 0.930 bits per heavy atom. The first-order valence-electron chi connectivity index (χ1n) is 13.8. The molecule has 0 spiro atoms. The van der Waals surface area contributed by atoms with Crippen LogP contribution in [0.2, 0.25) is 0 Å². The second-order valence-corrected chi connectivity index (χ2v) is 11.9. The van der Waals surface area contributed by atoms with Gasteiger partial charge in [-0.3, -0.25) is 0 Å². The van der Waals surface area contributed by atoms with Gasteiger partial charge in [-0.25, -0.2) is 9.59 Å². The highest BCUT2D eigenvalue weighted by atomic mass is 35.5. The van der Waals surface area contributed by atoms with Crippen LogP contribution in [-0.4, -0.2) is 11.9 Å². The van der Waals surface area contributed by atoms with Gasteiger partial charge >= 0.3 is 11.9 Å². The van der Waals surface area contributed by atoms with Crippen LogP contribution in [0.5, 0.6) is 0 Å². The number of hydrogen-bond acceptors (Lipinski definition) is 4. The third-order valence-corrected chi connectivity index (χ3v) is 8.66. The molecule has 6 heteroatoms. The molecule has 0 aromatic heterocycles. The van der Waals surface area contributed by atoms with Crippen LogP contribution in [0.25, 0.3) is 32.7 Å². The van der Waals surface area contributed by atoms with Gasteiger partial charge in [0.1, 0.15) is 13.2 Å². The van der Waals surface area contributed by atoms with Crippen LogP contribution in [0.1, 0.15) is 43.0 Å². The lowest BCUT2D eigenvalue weighted by Crippen LogP contribution is -2.12. The predicted molar refractivity (Wildman–Crippen MR) is 170 cm³/mol. The fourth-order valence-electron chi connectivity index (χ4n) is 5.60. The minimum absolute atomic E-state index is 0.137. The van der Waals surface area contributed by atoms with Gasteiger partial charge in [0.05, 0.1) is 11.1 Å². The van der Waals surface area contributed by atoms with E-state index < -0.39 is 16.3 Å².